The number of hydrogen-bond acceptors (Lipinski definition) is 7. The monoisotopic (exact) mass is 784 g/mol. The lowest BCUT2D eigenvalue weighted by Crippen LogP contribution is -2.29. The van der Waals surface area contributed by atoms with E-state index in [0.29, 0.717) is 25.7 Å². The van der Waals surface area contributed by atoms with Gasteiger partial charge in [-0.15, -0.1) is 0 Å². The quantitative estimate of drug-likeness (QED) is 0.0191. The van der Waals surface area contributed by atoms with Crippen LogP contribution in [-0.2, 0) is 28.2 Å². The number of hydrogen-bond donors (Lipinski definition) is 3. The Hall–Kier alpha value is -3.59. The van der Waals surface area contributed by atoms with E-state index in [2.05, 4.69) is 84.4 Å². The summed E-state index contributed by atoms with van der Waals surface area (Å²) >= 11 is 0. The topological polar surface area (TPSA) is 140 Å². The van der Waals surface area contributed by atoms with Crippen molar-refractivity contribution in [3.63, 3.8) is 0 Å². The van der Waals surface area contributed by atoms with Gasteiger partial charge in [0.25, 0.3) is 0 Å². The normalized spacial score (nSPS) is 14.3. The minimum atomic E-state index is -4.80. The van der Waals surface area contributed by atoms with Crippen LogP contribution in [0.4, 0.5) is 0 Å². The van der Waals surface area contributed by atoms with E-state index >= 15 is 0 Å². The molecule has 9 nitrogen and oxygen atoms in total. The van der Waals surface area contributed by atoms with E-state index in [1.165, 1.54) is 0 Å². The Morgan fingerprint density at radius 2 is 1.05 bits per heavy atom. The highest BCUT2D eigenvalue weighted by molar-refractivity contribution is 7.46. The summed E-state index contributed by atoms with van der Waals surface area (Å²) in [5, 5.41) is 9.74. The maximum absolute atomic E-state index is 12.4. The first-order valence-corrected chi connectivity index (χ1v) is 21.5. The molecular weight excluding hydrogens is 715 g/mol. The highest BCUT2D eigenvalue weighted by atomic mass is 31.2. The van der Waals surface area contributed by atoms with Crippen LogP contribution in [0.2, 0.25) is 0 Å². The second-order valence-electron chi connectivity index (χ2n) is 12.7. The predicted molar refractivity (Wildman–Crippen MR) is 226 cm³/mol. The average Bonchev–Trinajstić information content (AvgIpc) is 3.15. The Bertz CT molecular complexity index is 1310. The van der Waals surface area contributed by atoms with Crippen molar-refractivity contribution in [1.29, 1.82) is 0 Å². The molecule has 55 heavy (non-hydrogen) atoms. The van der Waals surface area contributed by atoms with Gasteiger partial charge in [-0.1, -0.05) is 142 Å². The number of carbonyl (C=O) groups excluding carboxylic acids is 2. The summed E-state index contributed by atoms with van der Waals surface area (Å²) in [4.78, 5) is 42.8. The number of carbonyl (C=O) groups is 2. The molecular formula is C45H69O9P. The lowest BCUT2D eigenvalue weighted by Gasteiger charge is -2.18. The Kier molecular flexibility index (Phi) is 36.2. The minimum absolute atomic E-state index is 0.144. The van der Waals surface area contributed by atoms with Gasteiger partial charge in [0.05, 0.1) is 12.7 Å². The first kappa shape index (κ1) is 51.4. The Morgan fingerprint density at radius 3 is 1.62 bits per heavy atom. The van der Waals surface area contributed by atoms with Crippen molar-refractivity contribution in [1.82, 2.24) is 0 Å². The third-order valence-electron chi connectivity index (χ3n) is 7.55. The zero-order chi connectivity index (χ0) is 40.5. The van der Waals surface area contributed by atoms with Crippen LogP contribution in [0.25, 0.3) is 0 Å². The lowest BCUT2D eigenvalue weighted by atomic mass is 10.1. The smallest absolute Gasteiger partial charge is 0.462 e. The molecule has 0 saturated heterocycles. The van der Waals surface area contributed by atoms with E-state index in [4.69, 9.17) is 19.3 Å². The molecule has 0 rings (SSSR count). The number of aliphatic hydroxyl groups excluding tert-OH is 1. The summed E-state index contributed by atoms with van der Waals surface area (Å²) in [7, 11) is -4.80. The number of esters is 2. The first-order chi connectivity index (χ1) is 26.7. The van der Waals surface area contributed by atoms with Crippen LogP contribution in [0.1, 0.15) is 123 Å². The molecule has 0 spiro atoms. The van der Waals surface area contributed by atoms with Crippen LogP contribution < -0.4 is 0 Å². The predicted octanol–water partition coefficient (Wildman–Crippen LogP) is 11.1. The highest BCUT2D eigenvalue weighted by Crippen LogP contribution is 2.35. The Labute approximate surface area is 331 Å². The zero-order valence-electron chi connectivity index (χ0n) is 33.4. The number of ether oxygens (including phenoxy) is 2. The Balaban J connectivity index is 4.18. The van der Waals surface area contributed by atoms with Gasteiger partial charge in [-0.25, -0.2) is 4.57 Å². The number of allylic oxidation sites excluding steroid dienone is 18. The van der Waals surface area contributed by atoms with Gasteiger partial charge in [0.2, 0.25) is 0 Å². The lowest BCUT2D eigenvalue weighted by molar-refractivity contribution is -0.161. The maximum atomic E-state index is 12.4. The summed E-state index contributed by atoms with van der Waals surface area (Å²) in [6, 6.07) is 0. The van der Waals surface area contributed by atoms with E-state index in [1.807, 2.05) is 55.5 Å². The van der Waals surface area contributed by atoms with Crippen molar-refractivity contribution < 1.29 is 43.0 Å². The molecule has 1 unspecified atom stereocenters. The first-order valence-electron chi connectivity index (χ1n) is 19.9. The number of phosphoric acid groups is 1. The number of aliphatic hydroxyl groups is 1. The second-order valence-corrected chi connectivity index (χ2v) is 13.9. The SMILES string of the molecule is CC/C=C\C/C=C\C/C=C\C/C=C\C/C=C\CCCCCC(=O)O[C@H](COC(=O)CCC/C=C\C/C=C\C/C=C\C=C\CC(O)/C=C\CC)COP(=O)(O)O. The molecule has 0 radical (unpaired) electrons. The van der Waals surface area contributed by atoms with Gasteiger partial charge in [0.1, 0.15) is 6.61 Å². The van der Waals surface area contributed by atoms with Gasteiger partial charge in [-0.2, -0.15) is 0 Å². The van der Waals surface area contributed by atoms with Gasteiger partial charge in [-0.05, 0) is 89.9 Å². The third-order valence-corrected chi connectivity index (χ3v) is 8.04. The standard InChI is InChI=1S/C45H69O9P/c1-3-5-7-8-9-10-11-12-13-14-15-16-17-18-23-26-29-32-35-39-45(48)54-43(41-53-55(49,50)51)40-52-44(47)38-34-31-28-25-22-20-19-21-24-27-30-33-37-42(46)36-6-4-2/h5-7,9-10,12-13,15-16,18-20,23-25,27-28,30,33,36,42-43,46H,3-4,8,11,14,17,21-22,26,29,31-32,34-35,37-41H2,1-2H3,(H2,49,50,51)/b7-5-,10-9-,13-12-,16-15-,20-19-,23-18-,27-24-,28-25-,33-30+,36-6-/t42?,43-/m1/s1. The molecule has 0 aromatic heterocycles. The van der Waals surface area contributed by atoms with E-state index < -0.39 is 38.6 Å². The van der Waals surface area contributed by atoms with Crippen LogP contribution in [0.3, 0.4) is 0 Å². The molecule has 0 aliphatic heterocycles. The van der Waals surface area contributed by atoms with Gasteiger partial charge in [0, 0.05) is 12.8 Å². The van der Waals surface area contributed by atoms with E-state index in [0.717, 1.165) is 70.6 Å². The van der Waals surface area contributed by atoms with Crippen LogP contribution in [0, 0.1) is 0 Å². The minimum Gasteiger partial charge on any atom is -0.462 e. The van der Waals surface area contributed by atoms with E-state index in [9.17, 15) is 19.3 Å². The van der Waals surface area contributed by atoms with Crippen molar-refractivity contribution in [2.24, 2.45) is 0 Å². The number of rotatable bonds is 34. The molecule has 0 saturated carbocycles. The number of phosphoric ester groups is 1. The van der Waals surface area contributed by atoms with Crippen LogP contribution in [0.5, 0.6) is 0 Å². The second kappa shape index (κ2) is 38.7. The largest absolute Gasteiger partial charge is 0.469 e. The summed E-state index contributed by atoms with van der Waals surface area (Å²) in [5.41, 5.74) is 0. The summed E-state index contributed by atoms with van der Waals surface area (Å²) in [5.74, 6) is -1.03. The van der Waals surface area contributed by atoms with Crippen LogP contribution in [0.15, 0.2) is 122 Å². The molecule has 0 heterocycles. The fourth-order valence-electron chi connectivity index (χ4n) is 4.63. The molecule has 0 amide bonds. The summed E-state index contributed by atoms with van der Waals surface area (Å²) in [6.07, 6.45) is 52.6. The molecule has 0 aromatic carbocycles. The average molecular weight is 785 g/mol. The van der Waals surface area contributed by atoms with Crippen LogP contribution >= 0.6 is 7.82 Å². The van der Waals surface area contributed by atoms with Crippen molar-refractivity contribution in [3.05, 3.63) is 122 Å². The fourth-order valence-corrected chi connectivity index (χ4v) is 4.99. The molecule has 0 fully saturated rings. The fraction of sp³-hybridized carbons (Fsp3) is 0.511. The molecule has 3 N–H and O–H groups in total. The van der Waals surface area contributed by atoms with Crippen molar-refractivity contribution in [2.45, 2.75) is 135 Å². The third kappa shape index (κ3) is 41.4. The molecule has 0 aliphatic carbocycles. The van der Waals surface area contributed by atoms with Crippen LogP contribution in [-0.4, -0.2) is 52.3 Å². The molecule has 10 heteroatoms. The molecule has 2 atom stereocenters. The van der Waals surface area contributed by atoms with Gasteiger partial charge in [-0.3, -0.25) is 14.1 Å². The van der Waals surface area contributed by atoms with Crippen molar-refractivity contribution in [3.8, 4) is 0 Å². The summed E-state index contributed by atoms with van der Waals surface area (Å²) < 4.78 is 26.3. The maximum Gasteiger partial charge on any atom is 0.469 e. The van der Waals surface area contributed by atoms with Crippen molar-refractivity contribution in [2.75, 3.05) is 13.2 Å². The Morgan fingerprint density at radius 1 is 0.564 bits per heavy atom. The molecule has 0 aromatic rings. The molecule has 0 bridgehead atoms. The van der Waals surface area contributed by atoms with Gasteiger partial charge < -0.3 is 24.4 Å². The van der Waals surface area contributed by atoms with E-state index in [1.54, 1.807) is 0 Å². The molecule has 0 aliphatic rings. The molecule has 308 valence electrons. The summed E-state index contributed by atoms with van der Waals surface area (Å²) in [6.45, 7) is 3.23. The highest BCUT2D eigenvalue weighted by Gasteiger charge is 2.22. The van der Waals surface area contributed by atoms with Gasteiger partial charge in [0.15, 0.2) is 6.10 Å². The number of unbranched alkanes of at least 4 members (excludes halogenated alkanes) is 4. The zero-order valence-corrected chi connectivity index (χ0v) is 34.3. The van der Waals surface area contributed by atoms with Crippen molar-refractivity contribution >= 4 is 19.8 Å². The van der Waals surface area contributed by atoms with E-state index in [-0.39, 0.29) is 19.4 Å². The van der Waals surface area contributed by atoms with Gasteiger partial charge >= 0.3 is 19.8 Å².